The number of alkyl halides is 3. The number of halogens is 4. The summed E-state index contributed by atoms with van der Waals surface area (Å²) in [6.45, 7) is 1.80. The SMILES string of the molecule is O=C(Nc1cc(Cl)ccc1C(=O)N1CCCC1)C1CCCN(c2ncccc2C(F)(F)F)C1. The van der Waals surface area contributed by atoms with Gasteiger partial charge in [-0.15, -0.1) is 0 Å². The van der Waals surface area contributed by atoms with E-state index >= 15 is 0 Å². The Bertz CT molecular complexity index is 1040. The summed E-state index contributed by atoms with van der Waals surface area (Å²) in [5.74, 6) is -1.26. The Hall–Kier alpha value is -2.81. The van der Waals surface area contributed by atoms with Crippen LogP contribution in [-0.4, -0.2) is 47.9 Å². The van der Waals surface area contributed by atoms with Crippen LogP contribution in [0, 0.1) is 5.92 Å². The van der Waals surface area contributed by atoms with Crippen molar-refractivity contribution in [2.75, 3.05) is 36.4 Å². The average molecular weight is 481 g/mol. The third kappa shape index (κ3) is 5.24. The summed E-state index contributed by atoms with van der Waals surface area (Å²) in [4.78, 5) is 33.2. The molecule has 0 spiro atoms. The van der Waals surface area contributed by atoms with Gasteiger partial charge in [-0.3, -0.25) is 9.59 Å². The van der Waals surface area contributed by atoms with Crippen molar-refractivity contribution in [3.8, 4) is 0 Å². The Morgan fingerprint density at radius 1 is 1.09 bits per heavy atom. The molecule has 0 bridgehead atoms. The summed E-state index contributed by atoms with van der Waals surface area (Å²) < 4.78 is 40.3. The number of aromatic nitrogens is 1. The average Bonchev–Trinajstić information content (AvgIpc) is 3.33. The summed E-state index contributed by atoms with van der Waals surface area (Å²) in [5, 5.41) is 3.17. The number of piperidine rings is 1. The van der Waals surface area contributed by atoms with Crippen molar-refractivity contribution in [1.82, 2.24) is 9.88 Å². The van der Waals surface area contributed by atoms with Gasteiger partial charge in [0.25, 0.3) is 5.91 Å². The monoisotopic (exact) mass is 480 g/mol. The predicted molar refractivity (Wildman–Crippen MR) is 119 cm³/mol. The van der Waals surface area contributed by atoms with Crippen LogP contribution in [0.1, 0.15) is 41.6 Å². The number of nitrogens with one attached hydrogen (secondary N) is 1. The van der Waals surface area contributed by atoms with Gasteiger partial charge < -0.3 is 15.1 Å². The Kier molecular flexibility index (Phi) is 6.78. The minimum Gasteiger partial charge on any atom is -0.355 e. The molecule has 6 nitrogen and oxygen atoms in total. The molecule has 2 fully saturated rings. The van der Waals surface area contributed by atoms with E-state index in [0.717, 1.165) is 18.9 Å². The highest BCUT2D eigenvalue weighted by Gasteiger charge is 2.37. The molecule has 33 heavy (non-hydrogen) atoms. The minimum absolute atomic E-state index is 0.0991. The molecule has 0 radical (unpaired) electrons. The highest BCUT2D eigenvalue weighted by atomic mass is 35.5. The lowest BCUT2D eigenvalue weighted by Gasteiger charge is -2.34. The number of benzene rings is 1. The molecule has 2 aliphatic heterocycles. The van der Waals surface area contributed by atoms with Crippen LogP contribution in [0.25, 0.3) is 0 Å². The van der Waals surface area contributed by atoms with E-state index in [1.807, 2.05) is 0 Å². The van der Waals surface area contributed by atoms with Crippen molar-refractivity contribution < 1.29 is 22.8 Å². The highest BCUT2D eigenvalue weighted by Crippen LogP contribution is 2.36. The Labute approximate surface area is 194 Å². The Morgan fingerprint density at radius 2 is 1.85 bits per heavy atom. The maximum atomic E-state index is 13.4. The van der Waals surface area contributed by atoms with Crippen LogP contribution in [-0.2, 0) is 11.0 Å². The number of rotatable bonds is 4. The van der Waals surface area contributed by atoms with E-state index in [0.29, 0.717) is 48.7 Å². The molecule has 2 aromatic rings. The van der Waals surface area contributed by atoms with Gasteiger partial charge in [0.15, 0.2) is 0 Å². The summed E-state index contributed by atoms with van der Waals surface area (Å²) in [7, 11) is 0. The number of pyridine rings is 1. The Balaban J connectivity index is 1.52. The third-order valence-corrected chi connectivity index (χ3v) is 6.28. The lowest BCUT2D eigenvalue weighted by atomic mass is 9.96. The van der Waals surface area contributed by atoms with E-state index in [9.17, 15) is 22.8 Å². The first-order chi connectivity index (χ1) is 15.7. The molecule has 2 amide bonds. The third-order valence-electron chi connectivity index (χ3n) is 6.05. The first-order valence-corrected chi connectivity index (χ1v) is 11.3. The molecule has 176 valence electrons. The van der Waals surface area contributed by atoms with Crippen LogP contribution in [0.15, 0.2) is 36.5 Å². The van der Waals surface area contributed by atoms with Crippen molar-refractivity contribution in [2.45, 2.75) is 31.9 Å². The molecule has 4 rings (SSSR count). The summed E-state index contributed by atoms with van der Waals surface area (Å²) >= 11 is 6.11. The van der Waals surface area contributed by atoms with E-state index in [4.69, 9.17) is 11.6 Å². The van der Waals surface area contributed by atoms with Gasteiger partial charge in [0, 0.05) is 37.4 Å². The molecule has 3 heterocycles. The van der Waals surface area contributed by atoms with Crippen LogP contribution >= 0.6 is 11.6 Å². The lowest BCUT2D eigenvalue weighted by molar-refractivity contribution is -0.137. The maximum Gasteiger partial charge on any atom is 0.419 e. The number of hydrogen-bond acceptors (Lipinski definition) is 4. The van der Waals surface area contributed by atoms with Crippen molar-refractivity contribution in [1.29, 1.82) is 0 Å². The van der Waals surface area contributed by atoms with Crippen molar-refractivity contribution in [3.63, 3.8) is 0 Å². The van der Waals surface area contributed by atoms with Crippen LogP contribution in [0.5, 0.6) is 0 Å². The fourth-order valence-corrected chi connectivity index (χ4v) is 4.56. The second-order valence-electron chi connectivity index (χ2n) is 8.34. The minimum atomic E-state index is -4.54. The van der Waals surface area contributed by atoms with Gasteiger partial charge >= 0.3 is 6.18 Å². The van der Waals surface area contributed by atoms with Gasteiger partial charge in [0.1, 0.15) is 5.82 Å². The largest absolute Gasteiger partial charge is 0.419 e. The van der Waals surface area contributed by atoms with E-state index in [2.05, 4.69) is 10.3 Å². The fraction of sp³-hybridized carbons (Fsp3) is 0.435. The molecule has 1 N–H and O–H groups in total. The standard InChI is InChI=1S/C23H24ClF3N4O2/c24-16-7-8-17(22(33)30-10-1-2-11-30)19(13-16)29-21(32)15-5-4-12-31(14-15)20-18(23(25,26)27)6-3-9-28-20/h3,6-9,13,15H,1-2,4-5,10-12,14H2,(H,29,32). The lowest BCUT2D eigenvalue weighted by Crippen LogP contribution is -2.42. The van der Waals surface area contributed by atoms with Gasteiger partial charge in [-0.25, -0.2) is 4.98 Å². The van der Waals surface area contributed by atoms with E-state index in [1.165, 1.54) is 23.2 Å². The van der Waals surface area contributed by atoms with Crippen LogP contribution in [0.3, 0.4) is 0 Å². The molecule has 0 aliphatic carbocycles. The smallest absolute Gasteiger partial charge is 0.355 e. The summed E-state index contributed by atoms with van der Waals surface area (Å²) in [6.07, 6.45) is -0.285. The van der Waals surface area contributed by atoms with Gasteiger partial charge in [0.2, 0.25) is 5.91 Å². The van der Waals surface area contributed by atoms with E-state index in [-0.39, 0.29) is 24.2 Å². The first kappa shape index (κ1) is 23.4. The number of carbonyl (C=O) groups excluding carboxylic acids is 2. The Morgan fingerprint density at radius 3 is 2.58 bits per heavy atom. The molecule has 0 saturated carbocycles. The maximum absolute atomic E-state index is 13.4. The summed E-state index contributed by atoms with van der Waals surface area (Å²) in [6, 6.07) is 6.97. The van der Waals surface area contributed by atoms with Crippen LogP contribution in [0.4, 0.5) is 24.7 Å². The van der Waals surface area contributed by atoms with E-state index in [1.54, 1.807) is 17.0 Å². The van der Waals surface area contributed by atoms with Crippen LogP contribution in [0.2, 0.25) is 5.02 Å². The van der Waals surface area contributed by atoms with Gasteiger partial charge in [-0.05, 0) is 56.0 Å². The molecular weight excluding hydrogens is 457 g/mol. The number of anilines is 2. The zero-order valence-electron chi connectivity index (χ0n) is 17.9. The van der Waals surface area contributed by atoms with Crippen LogP contribution < -0.4 is 10.2 Å². The first-order valence-electron chi connectivity index (χ1n) is 10.9. The van der Waals surface area contributed by atoms with Crippen molar-refractivity contribution in [2.24, 2.45) is 5.92 Å². The molecule has 2 aliphatic rings. The molecule has 2 saturated heterocycles. The fourth-order valence-electron chi connectivity index (χ4n) is 4.39. The van der Waals surface area contributed by atoms with E-state index < -0.39 is 17.7 Å². The van der Waals surface area contributed by atoms with Crippen molar-refractivity contribution >= 4 is 34.9 Å². The second-order valence-corrected chi connectivity index (χ2v) is 8.77. The molecule has 1 aromatic carbocycles. The predicted octanol–water partition coefficient (Wildman–Crippen LogP) is 4.84. The highest BCUT2D eigenvalue weighted by molar-refractivity contribution is 6.31. The number of carbonyl (C=O) groups is 2. The molecule has 1 atom stereocenters. The number of likely N-dealkylation sites (tertiary alicyclic amines) is 1. The quantitative estimate of drug-likeness (QED) is 0.679. The van der Waals surface area contributed by atoms with Gasteiger partial charge in [-0.1, -0.05) is 11.6 Å². The number of hydrogen-bond donors (Lipinski definition) is 1. The van der Waals surface area contributed by atoms with Crippen molar-refractivity contribution in [3.05, 3.63) is 52.7 Å². The molecule has 1 aromatic heterocycles. The molecule has 10 heteroatoms. The number of amides is 2. The second kappa shape index (κ2) is 9.59. The normalized spacial score (nSPS) is 19.0. The molecular formula is C23H24ClF3N4O2. The number of nitrogens with zero attached hydrogens (tertiary/aromatic N) is 3. The van der Waals surface area contributed by atoms with Gasteiger partial charge in [-0.2, -0.15) is 13.2 Å². The van der Waals surface area contributed by atoms with Gasteiger partial charge in [0.05, 0.1) is 22.7 Å². The topological polar surface area (TPSA) is 65.5 Å². The zero-order chi connectivity index (χ0) is 23.6. The summed E-state index contributed by atoms with van der Waals surface area (Å²) in [5.41, 5.74) is -0.152. The molecule has 1 unspecified atom stereocenters. The zero-order valence-corrected chi connectivity index (χ0v) is 18.6.